The zero-order chi connectivity index (χ0) is 22.2. The molecule has 1 saturated heterocycles. The summed E-state index contributed by atoms with van der Waals surface area (Å²) in [5, 5.41) is 0.495. The van der Waals surface area contributed by atoms with E-state index in [0.29, 0.717) is 37.2 Å². The van der Waals surface area contributed by atoms with Crippen molar-refractivity contribution in [2.45, 2.75) is 13.0 Å². The first kappa shape index (κ1) is 20.7. The van der Waals surface area contributed by atoms with Gasteiger partial charge in [-0.1, -0.05) is 23.9 Å². The van der Waals surface area contributed by atoms with Crippen LogP contribution in [-0.2, 0) is 9.59 Å². The van der Waals surface area contributed by atoms with Crippen molar-refractivity contribution in [1.82, 2.24) is 9.80 Å². The van der Waals surface area contributed by atoms with Crippen molar-refractivity contribution in [1.29, 1.82) is 0 Å². The molecule has 0 spiro atoms. The number of hydrogen-bond donors (Lipinski definition) is 0. The van der Waals surface area contributed by atoms with Crippen LogP contribution in [-0.4, -0.2) is 70.6 Å². The normalized spacial score (nSPS) is 20.0. The van der Waals surface area contributed by atoms with Gasteiger partial charge in [0.1, 0.15) is 17.7 Å². The Kier molecular flexibility index (Phi) is 5.42. The zero-order valence-electron chi connectivity index (χ0n) is 17.6. The van der Waals surface area contributed by atoms with E-state index in [1.54, 1.807) is 19.1 Å². The minimum Gasteiger partial charge on any atom is -0.368 e. The standard InChI is InChI=1S/C23H22FN5O2S/c1-15-22(31)29-21(25-15)18-4-2-3-5-19(18)26-23(29)32-14-20(30)28-12-10-27(11-13-28)17-8-6-16(24)7-9-17/h2-9,15H,10-14H2,1H3/t15-/m0/s1. The van der Waals surface area contributed by atoms with Gasteiger partial charge in [0.15, 0.2) is 5.17 Å². The molecule has 0 aromatic heterocycles. The first-order chi connectivity index (χ1) is 15.5. The molecule has 2 aromatic rings. The van der Waals surface area contributed by atoms with E-state index in [2.05, 4.69) is 14.9 Å². The Bertz CT molecular complexity index is 1130. The summed E-state index contributed by atoms with van der Waals surface area (Å²) in [6, 6.07) is 13.5. The number of amidine groups is 2. The average molecular weight is 452 g/mol. The van der Waals surface area contributed by atoms with Crippen LogP contribution >= 0.6 is 11.8 Å². The number of aliphatic imine (C=N–C) groups is 2. The molecular weight excluding hydrogens is 429 g/mol. The van der Waals surface area contributed by atoms with Gasteiger partial charge in [0.25, 0.3) is 5.91 Å². The van der Waals surface area contributed by atoms with E-state index in [9.17, 15) is 14.0 Å². The van der Waals surface area contributed by atoms with E-state index in [4.69, 9.17) is 0 Å². The second kappa shape index (κ2) is 8.38. The SMILES string of the molecule is C[C@@H]1N=C2c3ccccc3N=C(SCC(=O)N3CCN(c4ccc(F)cc4)CC3)N2C1=O. The van der Waals surface area contributed by atoms with Gasteiger partial charge in [-0.2, -0.15) is 0 Å². The van der Waals surface area contributed by atoms with Crippen LogP contribution in [0.5, 0.6) is 0 Å². The van der Waals surface area contributed by atoms with Crippen molar-refractivity contribution in [3.63, 3.8) is 0 Å². The molecule has 5 rings (SSSR count). The number of piperazine rings is 1. The lowest BCUT2D eigenvalue weighted by molar-refractivity contribution is -0.128. The molecule has 0 bridgehead atoms. The molecule has 2 aromatic carbocycles. The van der Waals surface area contributed by atoms with Crippen LogP contribution in [0.3, 0.4) is 0 Å². The Labute approximate surface area is 189 Å². The van der Waals surface area contributed by atoms with Gasteiger partial charge in [0, 0.05) is 37.4 Å². The Balaban J connectivity index is 1.23. The van der Waals surface area contributed by atoms with Gasteiger partial charge < -0.3 is 9.80 Å². The number of nitrogens with zero attached hydrogens (tertiary/aromatic N) is 5. The van der Waals surface area contributed by atoms with E-state index in [-0.39, 0.29) is 23.4 Å². The zero-order valence-corrected chi connectivity index (χ0v) is 18.4. The van der Waals surface area contributed by atoms with Crippen LogP contribution in [0.15, 0.2) is 58.5 Å². The highest BCUT2D eigenvalue weighted by Crippen LogP contribution is 2.33. The molecular formula is C23H22FN5O2S. The van der Waals surface area contributed by atoms with Crippen molar-refractivity contribution in [3.05, 3.63) is 59.9 Å². The molecule has 2 amide bonds. The number of hydrogen-bond acceptors (Lipinski definition) is 6. The predicted octanol–water partition coefficient (Wildman–Crippen LogP) is 2.89. The van der Waals surface area contributed by atoms with E-state index in [1.807, 2.05) is 29.2 Å². The highest BCUT2D eigenvalue weighted by Gasteiger charge is 2.39. The minimum absolute atomic E-state index is 0.00787. The molecule has 3 heterocycles. The third-order valence-electron chi connectivity index (χ3n) is 5.81. The maximum Gasteiger partial charge on any atom is 0.258 e. The highest BCUT2D eigenvalue weighted by molar-refractivity contribution is 8.14. The van der Waals surface area contributed by atoms with Gasteiger partial charge in [-0.05, 0) is 43.3 Å². The van der Waals surface area contributed by atoms with E-state index < -0.39 is 6.04 Å². The number of benzene rings is 2. The van der Waals surface area contributed by atoms with Gasteiger partial charge in [-0.3, -0.25) is 14.6 Å². The number of thioether (sulfide) groups is 1. The molecule has 0 N–H and O–H groups in total. The minimum atomic E-state index is -0.461. The fraction of sp³-hybridized carbons (Fsp3) is 0.304. The van der Waals surface area contributed by atoms with Crippen LogP contribution in [0.25, 0.3) is 0 Å². The fourth-order valence-corrected chi connectivity index (χ4v) is 4.96. The van der Waals surface area contributed by atoms with Gasteiger partial charge in [-0.15, -0.1) is 0 Å². The summed E-state index contributed by atoms with van der Waals surface area (Å²) in [7, 11) is 0. The van der Waals surface area contributed by atoms with Crippen LogP contribution in [0.2, 0.25) is 0 Å². The topological polar surface area (TPSA) is 68.6 Å². The summed E-state index contributed by atoms with van der Waals surface area (Å²) in [5.41, 5.74) is 2.54. The molecule has 1 atom stereocenters. The van der Waals surface area contributed by atoms with Gasteiger partial charge in [0.2, 0.25) is 5.91 Å². The summed E-state index contributed by atoms with van der Waals surface area (Å²) in [4.78, 5) is 40.2. The maximum atomic E-state index is 13.2. The molecule has 32 heavy (non-hydrogen) atoms. The van der Waals surface area contributed by atoms with E-state index >= 15 is 0 Å². The third kappa shape index (κ3) is 3.77. The summed E-state index contributed by atoms with van der Waals surface area (Å²) in [6.07, 6.45) is 0. The van der Waals surface area contributed by atoms with Crippen molar-refractivity contribution in [2.75, 3.05) is 36.8 Å². The van der Waals surface area contributed by atoms with Crippen molar-refractivity contribution in [2.24, 2.45) is 9.98 Å². The monoisotopic (exact) mass is 451 g/mol. The number of amides is 2. The van der Waals surface area contributed by atoms with Crippen LogP contribution < -0.4 is 4.90 Å². The van der Waals surface area contributed by atoms with Crippen molar-refractivity contribution >= 4 is 46.0 Å². The van der Waals surface area contributed by atoms with Crippen LogP contribution in [0.4, 0.5) is 15.8 Å². The van der Waals surface area contributed by atoms with Crippen LogP contribution in [0, 0.1) is 5.82 Å². The van der Waals surface area contributed by atoms with E-state index in [0.717, 1.165) is 16.9 Å². The number of carbonyl (C=O) groups excluding carboxylic acids is 2. The maximum absolute atomic E-state index is 13.2. The average Bonchev–Trinajstić information content (AvgIpc) is 3.12. The number of rotatable bonds is 3. The molecule has 9 heteroatoms. The first-order valence-corrected chi connectivity index (χ1v) is 11.5. The number of halogens is 1. The second-order valence-electron chi connectivity index (χ2n) is 7.85. The smallest absolute Gasteiger partial charge is 0.258 e. The molecule has 0 aliphatic carbocycles. The highest BCUT2D eigenvalue weighted by atomic mass is 32.2. The Hall–Kier alpha value is -3.20. The van der Waals surface area contributed by atoms with E-state index in [1.165, 1.54) is 28.8 Å². The predicted molar refractivity (Wildman–Crippen MR) is 124 cm³/mol. The Morgan fingerprint density at radius 3 is 2.56 bits per heavy atom. The lowest BCUT2D eigenvalue weighted by Gasteiger charge is -2.36. The molecule has 0 unspecified atom stereocenters. The lowest BCUT2D eigenvalue weighted by atomic mass is 10.1. The van der Waals surface area contributed by atoms with Crippen LogP contribution in [0.1, 0.15) is 12.5 Å². The summed E-state index contributed by atoms with van der Waals surface area (Å²) < 4.78 is 13.2. The summed E-state index contributed by atoms with van der Waals surface area (Å²) in [6.45, 7) is 4.34. The first-order valence-electron chi connectivity index (χ1n) is 10.5. The van der Waals surface area contributed by atoms with Gasteiger partial charge >= 0.3 is 0 Å². The molecule has 1 fully saturated rings. The van der Waals surface area contributed by atoms with Crippen molar-refractivity contribution in [3.8, 4) is 0 Å². The van der Waals surface area contributed by atoms with Gasteiger partial charge in [0.05, 0.1) is 11.4 Å². The third-order valence-corrected chi connectivity index (χ3v) is 6.73. The molecule has 3 aliphatic rings. The quantitative estimate of drug-likeness (QED) is 0.720. The molecule has 0 radical (unpaired) electrons. The number of fused-ring (bicyclic) bond motifs is 3. The second-order valence-corrected chi connectivity index (χ2v) is 8.79. The molecule has 7 nitrogen and oxygen atoms in total. The number of para-hydroxylation sites is 1. The Morgan fingerprint density at radius 1 is 1.09 bits per heavy atom. The molecule has 164 valence electrons. The summed E-state index contributed by atoms with van der Waals surface area (Å²) in [5.74, 6) is 0.431. The largest absolute Gasteiger partial charge is 0.368 e. The Morgan fingerprint density at radius 2 is 1.81 bits per heavy atom. The van der Waals surface area contributed by atoms with Crippen molar-refractivity contribution < 1.29 is 14.0 Å². The number of carbonyl (C=O) groups is 2. The number of anilines is 1. The van der Waals surface area contributed by atoms with Gasteiger partial charge in [-0.25, -0.2) is 14.3 Å². The lowest BCUT2D eigenvalue weighted by Crippen LogP contribution is -2.49. The molecule has 0 saturated carbocycles. The fourth-order valence-electron chi connectivity index (χ4n) is 4.06. The molecule has 3 aliphatic heterocycles. The summed E-state index contributed by atoms with van der Waals surface area (Å²) >= 11 is 1.27.